The van der Waals surface area contributed by atoms with Gasteiger partial charge in [-0.3, -0.25) is 19.8 Å². The molecule has 3 saturated heterocycles. The molecule has 4 N–H and O–H groups in total. The molecule has 5 aliphatic heterocycles. The normalized spacial score (nSPS) is 20.9. The number of hydrogen-bond donors (Lipinski definition) is 4. The second-order valence-electron chi connectivity index (χ2n) is 27.8. The van der Waals surface area contributed by atoms with E-state index in [4.69, 9.17) is 23.9 Å². The van der Waals surface area contributed by atoms with Crippen LogP contribution in [0.3, 0.4) is 0 Å². The zero-order valence-electron chi connectivity index (χ0n) is 55.1. The van der Waals surface area contributed by atoms with Crippen molar-refractivity contribution >= 4 is 84.1 Å². The molecule has 18 nitrogen and oxygen atoms in total. The fraction of sp³-hybridized carbons (Fsp3) is 0.329. The minimum absolute atomic E-state index is 0.0134. The summed E-state index contributed by atoms with van der Waals surface area (Å²) in [5.41, 5.74) is 13.6. The van der Waals surface area contributed by atoms with Crippen molar-refractivity contribution in [2.45, 2.75) is 96.5 Å². The van der Waals surface area contributed by atoms with Crippen LogP contribution in [0.4, 0.5) is 17.5 Å². The Kier molecular flexibility index (Phi) is 16.2. The van der Waals surface area contributed by atoms with Crippen LogP contribution in [0, 0.1) is 11.3 Å². The lowest BCUT2D eigenvalue weighted by Gasteiger charge is -2.48. The molecule has 18 rings (SSSR count). The number of rotatable bonds is 10. The third-order valence-corrected chi connectivity index (χ3v) is 20.4. The number of aliphatic hydroxyl groups excluding tert-OH is 1. The Morgan fingerprint density at radius 2 is 1.52 bits per heavy atom. The Labute approximate surface area is 562 Å². The lowest BCUT2D eigenvalue weighted by atomic mass is 9.83. The summed E-state index contributed by atoms with van der Waals surface area (Å²) in [4.78, 5) is 39.4. The summed E-state index contributed by atoms with van der Waals surface area (Å²) in [6.07, 6.45) is 9.51. The highest BCUT2D eigenvalue weighted by Crippen LogP contribution is 2.58. The van der Waals surface area contributed by atoms with Gasteiger partial charge in [-0.1, -0.05) is 124 Å². The molecule has 0 spiro atoms. The summed E-state index contributed by atoms with van der Waals surface area (Å²) in [7, 11) is 0. The minimum atomic E-state index is -1.46. The van der Waals surface area contributed by atoms with Crippen LogP contribution < -0.4 is 15.4 Å². The van der Waals surface area contributed by atoms with E-state index in [1.165, 1.54) is 25.9 Å². The van der Waals surface area contributed by atoms with E-state index in [1.807, 2.05) is 104 Å². The predicted octanol–water partition coefficient (Wildman–Crippen LogP) is 14.0. The Hall–Kier alpha value is -9.53. The first kappa shape index (κ1) is 62.3. The van der Waals surface area contributed by atoms with Crippen LogP contribution in [0.5, 0.6) is 5.75 Å². The Morgan fingerprint density at radius 1 is 0.773 bits per heavy atom. The number of amides is 1. The van der Waals surface area contributed by atoms with Gasteiger partial charge in [0.15, 0.2) is 17.2 Å². The largest absolute Gasteiger partial charge is 0.492 e. The van der Waals surface area contributed by atoms with Crippen molar-refractivity contribution in [1.82, 2.24) is 38.5 Å². The molecule has 18 heteroatoms. The van der Waals surface area contributed by atoms with E-state index in [0.717, 1.165) is 149 Å². The van der Waals surface area contributed by atoms with Crippen LogP contribution in [-0.2, 0) is 44.4 Å². The Balaban J connectivity index is 0.000000115. The summed E-state index contributed by atoms with van der Waals surface area (Å²) in [5.74, 6) is 2.36. The number of Topliss-reactive ketones (excluding diaryl/α,β-unsaturated/α-hetero) is 1. The van der Waals surface area contributed by atoms with Gasteiger partial charge in [-0.15, -0.1) is 5.10 Å². The van der Waals surface area contributed by atoms with Crippen molar-refractivity contribution in [3.8, 4) is 28.3 Å². The molecule has 4 fully saturated rings. The van der Waals surface area contributed by atoms with Gasteiger partial charge >= 0.3 is 0 Å². The van der Waals surface area contributed by atoms with Crippen molar-refractivity contribution in [1.29, 1.82) is 0 Å². The highest BCUT2D eigenvalue weighted by Gasteiger charge is 2.61. The molecule has 5 aromatic heterocycles. The number of nitrogens with zero attached hydrogens (tertiary/aromatic N) is 8. The van der Waals surface area contributed by atoms with Crippen molar-refractivity contribution in [2.75, 3.05) is 69.8 Å². The molecule has 2 aliphatic carbocycles. The zero-order chi connectivity index (χ0) is 66.2. The highest BCUT2D eigenvalue weighted by atomic mass is 16.6. The topological polar surface area (TPSA) is 195 Å². The molecule has 6 aromatic carbocycles. The quantitative estimate of drug-likeness (QED) is 0.0944. The number of carbonyl (C=O) groups excluding carboxylic acids is 2. The minimum Gasteiger partial charge on any atom is -0.492 e. The third kappa shape index (κ3) is 11.5. The fourth-order valence-electron chi connectivity index (χ4n) is 15.4. The number of aryl methyl sites for hydroxylation is 1. The zero-order valence-corrected chi connectivity index (χ0v) is 55.1. The van der Waals surface area contributed by atoms with E-state index < -0.39 is 24.2 Å². The van der Waals surface area contributed by atoms with E-state index in [-0.39, 0.29) is 24.0 Å². The molecule has 3 atom stereocenters. The number of pyridine rings is 2. The smallest absolute Gasteiger partial charge is 0.249 e. The van der Waals surface area contributed by atoms with E-state index in [1.54, 1.807) is 4.52 Å². The number of para-hydroxylation sites is 2. The van der Waals surface area contributed by atoms with E-state index in [2.05, 4.69) is 127 Å². The average molecular weight is 1300 g/mol. The molecule has 494 valence electrons. The van der Waals surface area contributed by atoms with Crippen LogP contribution >= 0.6 is 0 Å². The van der Waals surface area contributed by atoms with Crippen LogP contribution in [0.2, 0.25) is 0 Å². The van der Waals surface area contributed by atoms with Crippen molar-refractivity contribution in [3.05, 3.63) is 198 Å². The number of ether oxygens (including phenoxy) is 4. The second kappa shape index (κ2) is 25.2. The molecule has 7 aliphatic rings. The molecular weight excluding hydrogens is 1220 g/mol. The molecule has 10 heterocycles. The summed E-state index contributed by atoms with van der Waals surface area (Å²) >= 11 is 0. The molecule has 0 unspecified atom stereocenters. The lowest BCUT2D eigenvalue weighted by Crippen LogP contribution is -2.53. The first-order valence-corrected chi connectivity index (χ1v) is 34.1. The highest BCUT2D eigenvalue weighted by molar-refractivity contribution is 6.31. The number of carbonyl (C=O) groups is 2. The first-order chi connectivity index (χ1) is 47.2. The van der Waals surface area contributed by atoms with Gasteiger partial charge in [0.25, 0.3) is 0 Å². The SMILES string of the molecule is C1=CCOCc2cc(ccc2OCCN2CCCC2)Nc2cccc(n2)-c2cccc(c2)COC1.C=C(c1ccc(-c2cccc3nc(NC(=O)C4CC4)nn23)cc1)N1CC(C)(C)C1.C[C@]12O[C@H](C[C@]1(O)CO)n1c3ccccc3c3c4c(c5c6ccccc6n2c5c31)CCC4=O. The molecule has 8 bridgehead atoms. The summed E-state index contributed by atoms with van der Waals surface area (Å²) in [6, 6.07) is 51.1. The number of benzene rings is 6. The summed E-state index contributed by atoms with van der Waals surface area (Å²) < 4.78 is 30.7. The van der Waals surface area contributed by atoms with Gasteiger partial charge in [0, 0.05) is 93.6 Å². The number of aromatic nitrogens is 6. The van der Waals surface area contributed by atoms with Gasteiger partial charge in [-0.25, -0.2) is 9.50 Å². The van der Waals surface area contributed by atoms with Crippen LogP contribution in [-0.4, -0.2) is 125 Å². The van der Waals surface area contributed by atoms with Crippen LogP contribution in [0.1, 0.15) is 98.1 Å². The van der Waals surface area contributed by atoms with Crippen LogP contribution in [0.25, 0.3) is 77.5 Å². The first-order valence-electron chi connectivity index (χ1n) is 34.1. The molecule has 1 saturated carbocycles. The lowest BCUT2D eigenvalue weighted by molar-refractivity contribution is -0.189. The predicted molar refractivity (Wildman–Crippen MR) is 379 cm³/mol. The van der Waals surface area contributed by atoms with E-state index in [9.17, 15) is 19.8 Å². The number of ketones is 1. The van der Waals surface area contributed by atoms with Crippen molar-refractivity contribution in [3.63, 3.8) is 0 Å². The molecule has 1 amide bonds. The average Bonchev–Trinajstić information content (AvgIpc) is 1.49. The van der Waals surface area contributed by atoms with Gasteiger partial charge in [0.05, 0.1) is 66.5 Å². The van der Waals surface area contributed by atoms with E-state index in [0.29, 0.717) is 62.9 Å². The molecule has 0 radical (unpaired) electrons. The maximum atomic E-state index is 13.3. The number of anilines is 3. The monoisotopic (exact) mass is 1300 g/mol. The number of aliphatic hydroxyl groups is 2. The van der Waals surface area contributed by atoms with Gasteiger partial charge < -0.3 is 48.5 Å². The van der Waals surface area contributed by atoms with Crippen molar-refractivity contribution < 1.29 is 38.7 Å². The number of fused-ring (bicyclic) bond motifs is 21. The van der Waals surface area contributed by atoms with Gasteiger partial charge in [-0.05, 0) is 135 Å². The van der Waals surface area contributed by atoms with Crippen molar-refractivity contribution in [2.24, 2.45) is 11.3 Å². The van der Waals surface area contributed by atoms with Gasteiger partial charge in [0.1, 0.15) is 30.0 Å². The molecular formula is C79H80N10O8. The maximum absolute atomic E-state index is 13.3. The number of nitrogens with one attached hydrogen (secondary N) is 2. The molecule has 97 heavy (non-hydrogen) atoms. The summed E-state index contributed by atoms with van der Waals surface area (Å²) in [5, 5.41) is 37.1. The van der Waals surface area contributed by atoms with Crippen LogP contribution in [0.15, 0.2) is 170 Å². The maximum Gasteiger partial charge on any atom is 0.249 e. The third-order valence-electron chi connectivity index (χ3n) is 20.4. The molecule has 11 aromatic rings. The standard InChI is InChI=1S/C29H33N3O3.C27H22N2O4.C23H25N5O/c1-2-14-32(13-1)15-18-35-28-12-11-26-20-25(28)22-34-17-4-3-16-33-21-23-7-5-8-24(19-23)27-9-6-10-29(30-26)31-27;1-26-27(32,13-30)12-20(33-26)28-17-8-4-2-6-14(17)23-22-16(10-11-19(22)31)21-15-7-3-5-9-18(15)29(26)25(21)24(23)28;1-15(27-13-23(2,3)14-27)16-7-9-17(10-8-16)19-5-4-6-20-24-22(26-28(19)20)25-21(29)18-11-12-18/h3-12,19-20H,1-2,13-18,21-22H2,(H,30,31);2-9,20,30,32H,10-13H2,1H3;4-10,18H,1,11-14H2,2-3H3,(H,25,26,29)/t;20-,26+,27+;/m.1./s1. The fourth-order valence-corrected chi connectivity index (χ4v) is 15.4. The number of likely N-dealkylation sites (tertiary alicyclic amines) is 2. The number of hydrogen-bond acceptors (Lipinski definition) is 14. The second-order valence-corrected chi connectivity index (χ2v) is 27.8. The Morgan fingerprint density at radius 3 is 2.29 bits per heavy atom. The Bertz CT molecular complexity index is 4930. The summed E-state index contributed by atoms with van der Waals surface area (Å²) in [6.45, 7) is 18.5. The van der Waals surface area contributed by atoms with Gasteiger partial charge in [0.2, 0.25) is 11.9 Å². The van der Waals surface area contributed by atoms with Gasteiger partial charge in [-0.2, -0.15) is 4.98 Å². The van der Waals surface area contributed by atoms with E-state index >= 15 is 0 Å².